The van der Waals surface area contributed by atoms with Crippen LogP contribution < -0.4 is 76.4 Å². The number of esters is 1. The van der Waals surface area contributed by atoms with Gasteiger partial charge in [-0.2, -0.15) is 0 Å². The van der Waals surface area contributed by atoms with E-state index in [0.717, 1.165) is 72.3 Å². The first-order valence-electron chi connectivity index (χ1n) is 46.4. The Morgan fingerprint density at radius 3 is 0.514 bits per heavy atom. The molecule has 1 N–H and O–H groups in total. The van der Waals surface area contributed by atoms with Gasteiger partial charge in [0.15, 0.2) is 0 Å². The number of methoxy groups -OCH3 is 1. The van der Waals surface area contributed by atoms with E-state index in [1.165, 1.54) is 7.11 Å². The van der Waals surface area contributed by atoms with E-state index >= 15 is 0 Å². The first-order valence-corrected chi connectivity index (χ1v) is 46.4. The average Bonchev–Trinajstić information content (AvgIpc) is 0.827. The summed E-state index contributed by atoms with van der Waals surface area (Å²) in [4.78, 5) is 26.1. The van der Waals surface area contributed by atoms with E-state index in [0.29, 0.717) is 156 Å². The summed E-state index contributed by atoms with van der Waals surface area (Å²) in [5, 5.41) is 2.67. The number of amides is 1. The van der Waals surface area contributed by atoms with Crippen molar-refractivity contribution in [3.63, 3.8) is 0 Å². The van der Waals surface area contributed by atoms with Gasteiger partial charge in [0.05, 0.1) is 7.11 Å². The Morgan fingerprint density at radius 2 is 0.357 bits per heavy atom. The maximum atomic E-state index is 13.1. The van der Waals surface area contributed by atoms with Gasteiger partial charge in [-0.3, -0.25) is 0 Å². The summed E-state index contributed by atoms with van der Waals surface area (Å²) in [7, 11) is 1.27. The summed E-state index contributed by atoms with van der Waals surface area (Å²) in [5.41, 5.74) is 13.3. The molecule has 16 rings (SSSR count). The van der Waals surface area contributed by atoms with Crippen LogP contribution in [0.3, 0.4) is 0 Å². The molecule has 20 heteroatoms. The molecule has 710 valence electrons. The zero-order valence-electron chi connectivity index (χ0n) is 78.7. The van der Waals surface area contributed by atoms with Crippen LogP contribution in [0.25, 0.3) is 0 Å². The highest BCUT2D eigenvalue weighted by molar-refractivity contribution is 5.81. The summed E-state index contributed by atoms with van der Waals surface area (Å²) in [5.74, 6) is 7.57. The SMILES string of the molecule is COC(=O)C(Cc1ccc(OCc2cc(OCc3cc(OCc4cc(OCc5ccccc5)cc(OCc5ccccc5)c4)cc(OCc4cc(OCc5ccccc5)cc(OCc5ccccc5)c4)c3)cc(OCc3cc(OCc4cc(OCc5ccccc5)cc(OCc5ccccc5)c4)cc(OCc4cc(OCc5ccccc5)cc(OCc5ccccc5)c4)c3)c2)cc1)NC(=O)OC(C)(C)C. The second kappa shape index (κ2) is 49.7. The zero-order valence-corrected chi connectivity index (χ0v) is 78.7. The molecule has 0 radical (unpaired) electrons. The average molecular weight is 1870 g/mol. The third kappa shape index (κ3) is 31.7. The largest absolute Gasteiger partial charge is 0.489 e. The smallest absolute Gasteiger partial charge is 0.408 e. The van der Waals surface area contributed by atoms with E-state index in [-0.39, 0.29) is 52.7 Å². The second-order valence-electron chi connectivity index (χ2n) is 34.5. The first-order chi connectivity index (χ1) is 68.6. The molecule has 1 atom stereocenters. The molecule has 140 heavy (non-hydrogen) atoms. The van der Waals surface area contributed by atoms with Crippen molar-refractivity contribution < 1.29 is 90.1 Å². The molecule has 0 aliphatic carbocycles. The van der Waals surface area contributed by atoms with E-state index in [2.05, 4.69) is 5.32 Å². The predicted molar refractivity (Wildman–Crippen MR) is 537 cm³/mol. The fraction of sp³-hybridized carbons (Fsp3) is 0.183. The van der Waals surface area contributed by atoms with Gasteiger partial charge >= 0.3 is 12.1 Å². The van der Waals surface area contributed by atoms with Gasteiger partial charge in [0.1, 0.15) is 197 Å². The van der Waals surface area contributed by atoms with E-state index < -0.39 is 23.7 Å². The number of carbonyl (C=O) groups excluding carboxylic acids is 2. The third-order valence-electron chi connectivity index (χ3n) is 21.9. The van der Waals surface area contributed by atoms with E-state index in [4.69, 9.17) is 80.5 Å². The monoisotopic (exact) mass is 1870 g/mol. The number of alkyl carbamates (subject to hydrolysis) is 1. The Bertz CT molecular complexity index is 5690. The van der Waals surface area contributed by atoms with Crippen LogP contribution in [-0.2, 0) is 120 Å². The lowest BCUT2D eigenvalue weighted by molar-refractivity contribution is -0.143. The van der Waals surface area contributed by atoms with Gasteiger partial charge in [-0.05, 0) is 207 Å². The van der Waals surface area contributed by atoms with Gasteiger partial charge in [0, 0.05) is 48.9 Å². The molecule has 16 aromatic rings. The summed E-state index contributed by atoms with van der Waals surface area (Å²) < 4.78 is 110. The van der Waals surface area contributed by atoms with Gasteiger partial charge in [-0.15, -0.1) is 0 Å². The molecular weight excluding hydrogens is 1760 g/mol. The van der Waals surface area contributed by atoms with Crippen molar-refractivity contribution in [1.82, 2.24) is 5.32 Å². The second-order valence-corrected chi connectivity index (χ2v) is 34.5. The molecule has 0 bridgehead atoms. The summed E-state index contributed by atoms with van der Waals surface area (Å²) in [6, 6.07) is 127. The number of rotatable bonds is 49. The standard InChI is InChI=1S/C120H111NO19/c1-120(2,3)140-119(123)121-117(118(122)124-4)63-86-45-47-102(48-46-86)125-79-95-49-111(134-84-100-59-113(136-80-96-51-103(126-71-87-29-13-5-14-30-87)64-104(52-96)127-72-88-31-15-6-16-32-88)69-114(60-100)137-81-97-53-105(128-73-89-33-17-7-18-34-89)65-106(54-97)129-74-90-35-19-8-20-36-90)68-112(50-95)135-85-101-61-115(138-82-98-55-107(130-75-91-37-21-9-22-38-91)66-108(56-98)131-76-92-39-23-10-24-40-92)70-116(62-101)139-83-99-57-109(132-77-93-41-25-11-26-42-93)67-110(58-99)133-78-94-43-27-12-28-44-94/h5-62,64-70,117H,63,71-85H2,1-4H3,(H,121,123). The molecule has 0 fully saturated rings. The molecule has 0 saturated carbocycles. The van der Waals surface area contributed by atoms with Crippen molar-refractivity contribution in [2.75, 3.05) is 7.11 Å². The van der Waals surface area contributed by atoms with Crippen molar-refractivity contribution >= 4 is 12.1 Å². The minimum atomic E-state index is -1.03. The number of hydrogen-bond acceptors (Lipinski definition) is 19. The highest BCUT2D eigenvalue weighted by atomic mass is 16.6. The zero-order chi connectivity index (χ0) is 96.1. The molecule has 1 amide bonds. The lowest BCUT2D eigenvalue weighted by Gasteiger charge is -2.22. The molecule has 0 aliphatic rings. The highest BCUT2D eigenvalue weighted by Crippen LogP contribution is 2.37. The lowest BCUT2D eigenvalue weighted by atomic mass is 10.1. The molecular formula is C120H111NO19. The molecule has 0 heterocycles. The van der Waals surface area contributed by atoms with Crippen LogP contribution in [0.2, 0.25) is 0 Å². The number of ether oxygens (including phenoxy) is 17. The molecule has 0 aliphatic heterocycles. The van der Waals surface area contributed by atoms with Gasteiger partial charge in [-0.25, -0.2) is 9.59 Å². The molecule has 0 spiro atoms. The van der Waals surface area contributed by atoms with Crippen molar-refractivity contribution in [2.24, 2.45) is 0 Å². The Hall–Kier alpha value is -16.7. The lowest BCUT2D eigenvalue weighted by Crippen LogP contribution is -2.45. The van der Waals surface area contributed by atoms with Gasteiger partial charge in [-0.1, -0.05) is 255 Å². The number of carbonyl (C=O) groups is 2. The van der Waals surface area contributed by atoms with Gasteiger partial charge in [0.2, 0.25) is 0 Å². The van der Waals surface area contributed by atoms with Crippen LogP contribution in [0, 0.1) is 0 Å². The Balaban J connectivity index is 0.718. The minimum absolute atomic E-state index is 0.0141. The maximum Gasteiger partial charge on any atom is 0.408 e. The number of nitrogens with one attached hydrogen (secondary N) is 1. The number of hydrogen-bond donors (Lipinski definition) is 1. The van der Waals surface area contributed by atoms with Crippen LogP contribution in [0.4, 0.5) is 4.79 Å². The third-order valence-corrected chi connectivity index (χ3v) is 21.9. The molecule has 20 nitrogen and oxygen atoms in total. The van der Waals surface area contributed by atoms with Gasteiger partial charge in [0.25, 0.3) is 0 Å². The van der Waals surface area contributed by atoms with Crippen LogP contribution in [0.5, 0.6) is 86.2 Å². The van der Waals surface area contributed by atoms with Crippen molar-refractivity contribution in [2.45, 2.75) is 138 Å². The van der Waals surface area contributed by atoms with Crippen molar-refractivity contribution in [3.05, 3.63) is 483 Å². The fourth-order valence-corrected chi connectivity index (χ4v) is 15.0. The van der Waals surface area contributed by atoms with Crippen LogP contribution in [0.15, 0.2) is 394 Å². The predicted octanol–water partition coefficient (Wildman–Crippen LogP) is 26.0. The highest BCUT2D eigenvalue weighted by Gasteiger charge is 2.26. The Labute approximate surface area is 817 Å². The maximum absolute atomic E-state index is 13.1. The summed E-state index contributed by atoms with van der Waals surface area (Å²) >= 11 is 0. The topological polar surface area (TPSA) is 203 Å². The van der Waals surface area contributed by atoms with E-state index in [1.54, 1.807) is 32.9 Å². The van der Waals surface area contributed by atoms with Crippen molar-refractivity contribution in [3.8, 4) is 86.2 Å². The number of benzene rings is 16. The van der Waals surface area contributed by atoms with Gasteiger partial charge < -0.3 is 85.8 Å². The Kier molecular flexibility index (Phi) is 34.2. The molecule has 0 saturated heterocycles. The van der Waals surface area contributed by atoms with E-state index in [9.17, 15) is 9.59 Å². The van der Waals surface area contributed by atoms with E-state index in [1.807, 2.05) is 382 Å². The summed E-state index contributed by atoms with van der Waals surface area (Å²) in [6.07, 6.45) is -0.635. The Morgan fingerprint density at radius 1 is 0.200 bits per heavy atom. The van der Waals surface area contributed by atoms with Crippen molar-refractivity contribution in [1.29, 1.82) is 0 Å². The first kappa shape index (κ1) is 96.4. The fourth-order valence-electron chi connectivity index (χ4n) is 15.0. The van der Waals surface area contributed by atoms with Crippen LogP contribution in [0.1, 0.15) is 110 Å². The quantitative estimate of drug-likeness (QED) is 0.0352. The van der Waals surface area contributed by atoms with Crippen LogP contribution >= 0.6 is 0 Å². The van der Waals surface area contributed by atoms with Crippen LogP contribution in [-0.4, -0.2) is 30.8 Å². The minimum Gasteiger partial charge on any atom is -0.489 e. The normalized spacial score (nSPS) is 11.2. The molecule has 1 unspecified atom stereocenters. The molecule has 16 aromatic carbocycles. The molecule has 0 aromatic heterocycles. The summed E-state index contributed by atoms with van der Waals surface area (Å²) in [6.45, 7) is 8.45.